The van der Waals surface area contributed by atoms with E-state index in [4.69, 9.17) is 0 Å². The average molecular weight is 437 g/mol. The number of sulfonamides is 1. The minimum atomic E-state index is -3.60. The first kappa shape index (κ1) is 21.5. The van der Waals surface area contributed by atoms with Crippen LogP contribution in [-0.2, 0) is 19.9 Å². The van der Waals surface area contributed by atoms with Gasteiger partial charge in [-0.25, -0.2) is 16.8 Å². The van der Waals surface area contributed by atoms with Crippen molar-refractivity contribution in [1.82, 2.24) is 9.62 Å². The molecule has 1 atom stereocenters. The normalized spacial score (nSPS) is 16.5. The van der Waals surface area contributed by atoms with Crippen LogP contribution in [0.3, 0.4) is 0 Å². The maximum absolute atomic E-state index is 12.7. The molecule has 1 aliphatic rings. The summed E-state index contributed by atoms with van der Waals surface area (Å²) in [6.07, 6.45) is 2.82. The van der Waals surface area contributed by atoms with Crippen LogP contribution in [0.15, 0.2) is 58.3 Å². The van der Waals surface area contributed by atoms with Crippen molar-refractivity contribution >= 4 is 25.8 Å². The van der Waals surface area contributed by atoms with Crippen LogP contribution in [0.4, 0.5) is 0 Å². The third kappa shape index (κ3) is 4.85. The van der Waals surface area contributed by atoms with Crippen molar-refractivity contribution in [2.45, 2.75) is 35.6 Å². The zero-order valence-corrected chi connectivity index (χ0v) is 18.0. The van der Waals surface area contributed by atoms with Crippen LogP contribution >= 0.6 is 0 Å². The standard InChI is InChI=1S/C20H24N2O5S2/c1-15(16-8-10-18(11-9-16)28(2,24)25)21-20(23)17-6-5-7-19(14-17)29(26,27)22-12-3-4-13-22/h5-11,14-15H,3-4,12-13H2,1-2H3,(H,21,23)/t15-/m0/s1. The van der Waals surface area contributed by atoms with E-state index in [1.54, 1.807) is 31.2 Å². The molecule has 2 aromatic rings. The summed E-state index contributed by atoms with van der Waals surface area (Å²) in [6, 6.07) is 11.9. The molecule has 0 unspecified atom stereocenters. The SMILES string of the molecule is C[C@H](NC(=O)c1cccc(S(=O)(=O)N2CCCC2)c1)c1ccc(S(C)(=O)=O)cc1. The van der Waals surface area contributed by atoms with E-state index < -0.39 is 25.8 Å². The van der Waals surface area contributed by atoms with Crippen LogP contribution in [0.5, 0.6) is 0 Å². The molecule has 0 spiro atoms. The molecule has 1 aliphatic heterocycles. The minimum Gasteiger partial charge on any atom is -0.346 e. The van der Waals surface area contributed by atoms with Gasteiger partial charge >= 0.3 is 0 Å². The molecule has 0 saturated carbocycles. The van der Waals surface area contributed by atoms with Crippen molar-refractivity contribution < 1.29 is 21.6 Å². The number of benzene rings is 2. The summed E-state index contributed by atoms with van der Waals surface area (Å²) in [6.45, 7) is 2.77. The van der Waals surface area contributed by atoms with E-state index in [9.17, 15) is 21.6 Å². The number of sulfone groups is 1. The number of hydrogen-bond donors (Lipinski definition) is 1. The number of carbonyl (C=O) groups is 1. The predicted molar refractivity (Wildman–Crippen MR) is 110 cm³/mol. The molecule has 29 heavy (non-hydrogen) atoms. The van der Waals surface area contributed by atoms with Crippen LogP contribution in [0, 0.1) is 0 Å². The van der Waals surface area contributed by atoms with Crippen LogP contribution in [-0.4, -0.2) is 46.4 Å². The molecule has 7 nitrogen and oxygen atoms in total. The van der Waals surface area contributed by atoms with Gasteiger partial charge in [-0.1, -0.05) is 18.2 Å². The topological polar surface area (TPSA) is 101 Å². The van der Waals surface area contributed by atoms with Crippen molar-refractivity contribution in [3.8, 4) is 0 Å². The van der Waals surface area contributed by atoms with Gasteiger partial charge in [-0.15, -0.1) is 0 Å². The third-order valence-electron chi connectivity index (χ3n) is 4.95. The Bertz CT molecular complexity index is 1100. The summed E-state index contributed by atoms with van der Waals surface area (Å²) in [5.74, 6) is -0.400. The largest absolute Gasteiger partial charge is 0.346 e. The smallest absolute Gasteiger partial charge is 0.251 e. The monoisotopic (exact) mass is 436 g/mol. The lowest BCUT2D eigenvalue weighted by atomic mass is 10.1. The van der Waals surface area contributed by atoms with E-state index in [1.807, 2.05) is 0 Å². The Morgan fingerprint density at radius 1 is 0.966 bits per heavy atom. The summed E-state index contributed by atoms with van der Waals surface area (Å²) < 4.78 is 50.0. The molecule has 2 aromatic carbocycles. The third-order valence-corrected chi connectivity index (χ3v) is 7.98. The van der Waals surface area contributed by atoms with Crippen LogP contribution in [0.2, 0.25) is 0 Å². The van der Waals surface area contributed by atoms with Gasteiger partial charge in [0, 0.05) is 24.9 Å². The highest BCUT2D eigenvalue weighted by molar-refractivity contribution is 7.90. The van der Waals surface area contributed by atoms with Gasteiger partial charge in [-0.3, -0.25) is 4.79 Å². The zero-order valence-electron chi connectivity index (χ0n) is 16.3. The second-order valence-corrected chi connectivity index (χ2v) is 11.1. The Labute approximate surface area is 171 Å². The van der Waals surface area contributed by atoms with E-state index >= 15 is 0 Å². The summed E-state index contributed by atoms with van der Waals surface area (Å²) in [5.41, 5.74) is 0.997. The van der Waals surface area contributed by atoms with Crippen molar-refractivity contribution in [2.24, 2.45) is 0 Å². The molecule has 3 rings (SSSR count). The van der Waals surface area contributed by atoms with E-state index in [1.165, 1.54) is 28.6 Å². The maximum Gasteiger partial charge on any atom is 0.251 e. The summed E-state index contributed by atoms with van der Waals surface area (Å²) in [7, 11) is -6.88. The maximum atomic E-state index is 12.7. The Morgan fingerprint density at radius 3 is 2.17 bits per heavy atom. The highest BCUT2D eigenvalue weighted by Gasteiger charge is 2.27. The summed E-state index contributed by atoms with van der Waals surface area (Å²) in [5, 5.41) is 2.82. The van der Waals surface area contributed by atoms with E-state index in [0.717, 1.165) is 24.7 Å². The first-order chi connectivity index (χ1) is 13.6. The van der Waals surface area contributed by atoms with Gasteiger partial charge in [0.25, 0.3) is 5.91 Å². The molecule has 0 bridgehead atoms. The number of amides is 1. The molecule has 1 saturated heterocycles. The Hall–Kier alpha value is -2.23. The van der Waals surface area contributed by atoms with Crippen molar-refractivity contribution in [1.29, 1.82) is 0 Å². The number of rotatable bonds is 6. The van der Waals surface area contributed by atoms with Crippen molar-refractivity contribution in [3.63, 3.8) is 0 Å². The van der Waals surface area contributed by atoms with E-state index in [2.05, 4.69) is 5.32 Å². The van der Waals surface area contributed by atoms with Gasteiger partial charge in [-0.05, 0) is 55.7 Å². The predicted octanol–water partition coefficient (Wildman–Crippen LogP) is 2.37. The molecule has 0 radical (unpaired) electrons. The number of nitrogens with zero attached hydrogens (tertiary/aromatic N) is 1. The molecule has 0 aliphatic carbocycles. The average Bonchev–Trinajstić information content (AvgIpc) is 3.23. The lowest BCUT2D eigenvalue weighted by Crippen LogP contribution is -2.29. The van der Waals surface area contributed by atoms with Crippen molar-refractivity contribution in [3.05, 3.63) is 59.7 Å². The van der Waals surface area contributed by atoms with Gasteiger partial charge in [0.2, 0.25) is 10.0 Å². The first-order valence-corrected chi connectivity index (χ1v) is 12.6. The van der Waals surface area contributed by atoms with Gasteiger partial charge in [0.15, 0.2) is 9.84 Å². The quantitative estimate of drug-likeness (QED) is 0.749. The fourth-order valence-electron chi connectivity index (χ4n) is 3.24. The molecule has 1 heterocycles. The Morgan fingerprint density at radius 2 is 1.59 bits per heavy atom. The van der Waals surface area contributed by atoms with Crippen LogP contribution < -0.4 is 5.32 Å². The minimum absolute atomic E-state index is 0.109. The lowest BCUT2D eigenvalue weighted by Gasteiger charge is -2.17. The molecule has 156 valence electrons. The molecule has 9 heteroatoms. The first-order valence-electron chi connectivity index (χ1n) is 9.30. The molecule has 1 fully saturated rings. The second-order valence-electron chi connectivity index (χ2n) is 7.18. The Kier molecular flexibility index (Phi) is 6.11. The van der Waals surface area contributed by atoms with Crippen molar-refractivity contribution in [2.75, 3.05) is 19.3 Å². The fourth-order valence-corrected chi connectivity index (χ4v) is 5.44. The fraction of sp³-hybridized carbons (Fsp3) is 0.350. The number of carbonyl (C=O) groups excluding carboxylic acids is 1. The number of hydrogen-bond acceptors (Lipinski definition) is 5. The van der Waals surface area contributed by atoms with E-state index in [-0.39, 0.29) is 21.4 Å². The van der Waals surface area contributed by atoms with E-state index in [0.29, 0.717) is 13.1 Å². The molecular weight excluding hydrogens is 412 g/mol. The van der Waals surface area contributed by atoms with Gasteiger partial charge in [-0.2, -0.15) is 4.31 Å². The van der Waals surface area contributed by atoms with Crippen LogP contribution in [0.25, 0.3) is 0 Å². The lowest BCUT2D eigenvalue weighted by molar-refractivity contribution is 0.0939. The highest BCUT2D eigenvalue weighted by Crippen LogP contribution is 2.22. The molecule has 0 aromatic heterocycles. The highest BCUT2D eigenvalue weighted by atomic mass is 32.2. The molecular formula is C20H24N2O5S2. The molecule has 1 N–H and O–H groups in total. The summed E-state index contributed by atoms with van der Waals surface area (Å²) in [4.78, 5) is 13.0. The van der Waals surface area contributed by atoms with Gasteiger partial charge in [0.05, 0.1) is 15.8 Å². The van der Waals surface area contributed by atoms with Crippen LogP contribution in [0.1, 0.15) is 41.7 Å². The molecule has 1 amide bonds. The summed E-state index contributed by atoms with van der Waals surface area (Å²) >= 11 is 0. The Balaban J connectivity index is 1.75. The number of nitrogens with one attached hydrogen (secondary N) is 1. The zero-order chi connectivity index (χ0) is 21.2. The second kappa shape index (κ2) is 8.25. The van der Waals surface area contributed by atoms with Gasteiger partial charge < -0.3 is 5.32 Å². The van der Waals surface area contributed by atoms with Gasteiger partial charge in [0.1, 0.15) is 0 Å².